The zero-order valence-electron chi connectivity index (χ0n) is 26.0. The number of β-amino-alcohol motifs (C(OH)–C–C–N with tert-alkyl or cyclic N) is 1. The summed E-state index contributed by atoms with van der Waals surface area (Å²) >= 11 is 1.58. The van der Waals surface area contributed by atoms with Crippen LogP contribution in [-0.4, -0.2) is 70.0 Å². The van der Waals surface area contributed by atoms with Gasteiger partial charge in [0.2, 0.25) is 17.7 Å². The fourth-order valence-electron chi connectivity index (χ4n) is 5.04. The van der Waals surface area contributed by atoms with E-state index in [1.54, 1.807) is 11.3 Å². The van der Waals surface area contributed by atoms with Crippen LogP contribution in [-0.2, 0) is 30.5 Å². The van der Waals surface area contributed by atoms with E-state index in [1.165, 1.54) is 4.90 Å². The molecule has 1 fully saturated rings. The molecule has 1 aliphatic heterocycles. The third-order valence-electron chi connectivity index (χ3n) is 7.48. The van der Waals surface area contributed by atoms with Crippen LogP contribution in [0.15, 0.2) is 29.8 Å². The number of hydrogen-bond donors (Lipinski definition) is 3. The summed E-state index contributed by atoms with van der Waals surface area (Å²) in [5.74, 6) is -1.19. The number of amides is 3. The van der Waals surface area contributed by atoms with Crippen LogP contribution in [0.3, 0.4) is 0 Å². The molecule has 1 aromatic carbocycles. The smallest absolute Gasteiger partial charge is 0.305 e. The second kappa shape index (κ2) is 16.0. The lowest BCUT2D eigenvalue weighted by atomic mass is 9.85. The van der Waals surface area contributed by atoms with Gasteiger partial charge in [-0.05, 0) is 49.1 Å². The summed E-state index contributed by atoms with van der Waals surface area (Å²) in [6, 6.07) is 6.19. The molecule has 3 atom stereocenters. The SMILES string of the molecule is CCCC(=O)OCCCCCC(=O)N[C@H](C(=O)N1C[C@H](O)C[C@H]1C(=O)NCc1ccc(-c2scnc2C)cc1)C(C)(C)C. The minimum absolute atomic E-state index is 0.0268. The normalized spacial score (nSPS) is 17.4. The maximum Gasteiger partial charge on any atom is 0.305 e. The maximum absolute atomic E-state index is 13.7. The summed E-state index contributed by atoms with van der Waals surface area (Å²) in [6.07, 6.45) is 2.68. The first-order valence-electron chi connectivity index (χ1n) is 15.1. The van der Waals surface area contributed by atoms with Gasteiger partial charge in [-0.15, -0.1) is 11.3 Å². The van der Waals surface area contributed by atoms with E-state index in [-0.39, 0.29) is 49.6 Å². The van der Waals surface area contributed by atoms with Gasteiger partial charge in [0, 0.05) is 32.4 Å². The van der Waals surface area contributed by atoms with Gasteiger partial charge in [0.05, 0.1) is 28.8 Å². The zero-order valence-corrected chi connectivity index (χ0v) is 26.8. The lowest BCUT2D eigenvalue weighted by Gasteiger charge is -2.35. The predicted molar refractivity (Wildman–Crippen MR) is 166 cm³/mol. The Morgan fingerprint density at radius 1 is 1.12 bits per heavy atom. The third-order valence-corrected chi connectivity index (χ3v) is 8.45. The summed E-state index contributed by atoms with van der Waals surface area (Å²) in [4.78, 5) is 58.0. The number of aliphatic hydroxyl groups is 1. The number of nitrogens with one attached hydrogen (secondary N) is 2. The maximum atomic E-state index is 13.7. The largest absolute Gasteiger partial charge is 0.466 e. The van der Waals surface area contributed by atoms with Crippen molar-refractivity contribution in [2.75, 3.05) is 13.2 Å². The standard InChI is InChI=1S/C32H46N4O6S/c1-6-10-27(39)42-16-9-7-8-11-26(38)35-29(32(3,4)5)31(41)36-19-24(37)17-25(36)30(40)33-18-22-12-14-23(15-13-22)28-21(2)34-20-43-28/h12-15,20,24-25,29,37H,6-11,16-19H2,1-5H3,(H,33,40)(H,35,38)/t24-,25+,29-/m1/s1. The highest BCUT2D eigenvalue weighted by atomic mass is 32.1. The Hall–Kier alpha value is -3.31. The number of thiazole rings is 1. The Morgan fingerprint density at radius 3 is 2.47 bits per heavy atom. The number of aryl methyl sites for hydroxylation is 1. The topological polar surface area (TPSA) is 138 Å². The average Bonchev–Trinajstić information content (AvgIpc) is 3.57. The van der Waals surface area contributed by atoms with Gasteiger partial charge in [-0.1, -0.05) is 52.0 Å². The van der Waals surface area contributed by atoms with E-state index in [9.17, 15) is 24.3 Å². The third kappa shape index (κ3) is 10.1. The number of carbonyl (C=O) groups excluding carboxylic acids is 4. The van der Waals surface area contributed by atoms with Crippen molar-refractivity contribution in [3.8, 4) is 10.4 Å². The first kappa shape index (κ1) is 34.2. The van der Waals surface area contributed by atoms with E-state index in [0.717, 1.165) is 34.5 Å². The highest BCUT2D eigenvalue weighted by Gasteiger charge is 2.44. The van der Waals surface area contributed by atoms with Gasteiger partial charge in [-0.3, -0.25) is 19.2 Å². The minimum atomic E-state index is -0.863. The number of unbranched alkanes of at least 4 members (excludes halogenated alkanes) is 2. The van der Waals surface area contributed by atoms with Gasteiger partial charge in [0.25, 0.3) is 0 Å². The molecule has 43 heavy (non-hydrogen) atoms. The number of rotatable bonds is 14. The van der Waals surface area contributed by atoms with Crippen molar-refractivity contribution >= 4 is 35.0 Å². The summed E-state index contributed by atoms with van der Waals surface area (Å²) in [7, 11) is 0. The Labute approximate surface area is 258 Å². The first-order valence-corrected chi connectivity index (χ1v) is 16.0. The molecule has 10 nitrogen and oxygen atoms in total. The second-order valence-corrected chi connectivity index (χ2v) is 13.1. The summed E-state index contributed by atoms with van der Waals surface area (Å²) in [5, 5.41) is 16.2. The molecule has 1 aromatic heterocycles. The highest BCUT2D eigenvalue weighted by molar-refractivity contribution is 7.13. The Balaban J connectivity index is 1.54. The van der Waals surface area contributed by atoms with Crippen molar-refractivity contribution in [2.24, 2.45) is 5.41 Å². The molecule has 3 amide bonds. The fourth-order valence-corrected chi connectivity index (χ4v) is 5.85. The van der Waals surface area contributed by atoms with E-state index in [4.69, 9.17) is 4.74 Å². The lowest BCUT2D eigenvalue weighted by molar-refractivity contribution is -0.144. The van der Waals surface area contributed by atoms with Crippen molar-refractivity contribution < 1.29 is 29.0 Å². The molecule has 0 saturated carbocycles. The Morgan fingerprint density at radius 2 is 1.84 bits per heavy atom. The van der Waals surface area contributed by atoms with Gasteiger partial charge in [-0.25, -0.2) is 4.98 Å². The van der Waals surface area contributed by atoms with Gasteiger partial charge in [-0.2, -0.15) is 0 Å². The van der Waals surface area contributed by atoms with Crippen molar-refractivity contribution in [3.63, 3.8) is 0 Å². The predicted octanol–water partition coefficient (Wildman–Crippen LogP) is 4.13. The highest BCUT2D eigenvalue weighted by Crippen LogP contribution is 2.28. The number of nitrogens with zero attached hydrogens (tertiary/aromatic N) is 2. The van der Waals surface area contributed by atoms with E-state index in [0.29, 0.717) is 25.9 Å². The van der Waals surface area contributed by atoms with Crippen LogP contribution in [0.2, 0.25) is 0 Å². The molecule has 0 bridgehead atoms. The monoisotopic (exact) mass is 614 g/mol. The molecule has 1 aliphatic rings. The summed E-state index contributed by atoms with van der Waals surface area (Å²) in [5.41, 5.74) is 4.15. The second-order valence-electron chi connectivity index (χ2n) is 12.2. The molecule has 1 saturated heterocycles. The average molecular weight is 615 g/mol. The van der Waals surface area contributed by atoms with Crippen LogP contribution < -0.4 is 10.6 Å². The number of benzene rings is 1. The van der Waals surface area contributed by atoms with Crippen LogP contribution in [0.4, 0.5) is 0 Å². The lowest BCUT2D eigenvalue weighted by Crippen LogP contribution is -2.57. The molecular formula is C32H46N4O6S. The van der Waals surface area contributed by atoms with Crippen LogP contribution in [0, 0.1) is 12.3 Å². The van der Waals surface area contributed by atoms with Crippen molar-refractivity contribution in [1.82, 2.24) is 20.5 Å². The molecule has 0 radical (unpaired) electrons. The van der Waals surface area contributed by atoms with Crippen LogP contribution in [0.5, 0.6) is 0 Å². The summed E-state index contributed by atoms with van der Waals surface area (Å²) in [6.45, 7) is 10.1. The van der Waals surface area contributed by atoms with E-state index in [1.807, 2.05) is 64.4 Å². The Kier molecular flexibility index (Phi) is 12.7. The molecular weight excluding hydrogens is 568 g/mol. The number of aromatic nitrogens is 1. The van der Waals surface area contributed by atoms with Crippen molar-refractivity contribution in [3.05, 3.63) is 41.0 Å². The number of hydrogen-bond acceptors (Lipinski definition) is 8. The minimum Gasteiger partial charge on any atom is -0.466 e. The number of ether oxygens (including phenoxy) is 1. The van der Waals surface area contributed by atoms with Gasteiger partial charge in [0.15, 0.2) is 0 Å². The fraction of sp³-hybridized carbons (Fsp3) is 0.594. The number of aliphatic hydroxyl groups excluding tert-OH is 1. The molecule has 0 aliphatic carbocycles. The number of likely N-dealkylation sites (tertiary alicyclic amines) is 1. The van der Waals surface area contributed by atoms with Crippen molar-refractivity contribution in [1.29, 1.82) is 0 Å². The molecule has 0 unspecified atom stereocenters. The quantitative estimate of drug-likeness (QED) is 0.215. The molecule has 11 heteroatoms. The summed E-state index contributed by atoms with van der Waals surface area (Å²) < 4.78 is 5.15. The van der Waals surface area contributed by atoms with Crippen LogP contribution >= 0.6 is 11.3 Å². The van der Waals surface area contributed by atoms with Gasteiger partial charge in [0.1, 0.15) is 12.1 Å². The molecule has 3 rings (SSSR count). The van der Waals surface area contributed by atoms with Crippen LogP contribution in [0.1, 0.15) is 83.9 Å². The first-order chi connectivity index (χ1) is 20.4. The van der Waals surface area contributed by atoms with E-state index < -0.39 is 23.6 Å². The number of carbonyl (C=O) groups is 4. The molecule has 2 heterocycles. The molecule has 0 spiro atoms. The van der Waals surface area contributed by atoms with Crippen LogP contribution in [0.25, 0.3) is 10.4 Å². The molecule has 2 aromatic rings. The van der Waals surface area contributed by atoms with Gasteiger partial charge >= 0.3 is 5.97 Å². The molecule has 3 N–H and O–H groups in total. The molecule has 236 valence electrons. The zero-order chi connectivity index (χ0) is 31.6. The van der Waals surface area contributed by atoms with Crippen molar-refractivity contribution in [2.45, 2.75) is 104 Å². The van der Waals surface area contributed by atoms with E-state index in [2.05, 4.69) is 15.6 Å². The number of esters is 1. The van der Waals surface area contributed by atoms with E-state index >= 15 is 0 Å². The van der Waals surface area contributed by atoms with Gasteiger partial charge < -0.3 is 25.4 Å². The Bertz CT molecular complexity index is 1240.